The lowest BCUT2D eigenvalue weighted by molar-refractivity contribution is -0.142. The quantitative estimate of drug-likeness (QED) is 0.242. The van der Waals surface area contributed by atoms with Crippen LogP contribution in [0.4, 0.5) is 4.79 Å². The molecule has 0 radical (unpaired) electrons. The van der Waals surface area contributed by atoms with E-state index in [4.69, 9.17) is 28.9 Å². The number of carbonyl (C=O) groups excluding carboxylic acids is 4. The normalized spacial score (nSPS) is 27.6. The summed E-state index contributed by atoms with van der Waals surface area (Å²) in [7, 11) is -0.804. The molecule has 0 spiro atoms. The number of nitrogens with zero attached hydrogens (tertiary/aromatic N) is 3. The molecule has 0 bridgehead atoms. The van der Waals surface area contributed by atoms with Gasteiger partial charge in [0.25, 0.3) is 5.91 Å². The number of methoxy groups -OCH3 is 2. The van der Waals surface area contributed by atoms with Crippen molar-refractivity contribution in [2.75, 3.05) is 20.8 Å². The number of carbonyl (C=O) groups is 4. The minimum Gasteiger partial charge on any atom is -0.497 e. The van der Waals surface area contributed by atoms with E-state index in [0.717, 1.165) is 6.42 Å². The fourth-order valence-corrected chi connectivity index (χ4v) is 9.62. The molecule has 2 aliphatic heterocycles. The molecule has 4 aliphatic rings. The lowest BCUT2D eigenvalue weighted by Gasteiger charge is -2.33. The number of rotatable bonds is 9. The highest BCUT2D eigenvalue weighted by molar-refractivity contribution is 7.91. The van der Waals surface area contributed by atoms with Gasteiger partial charge in [0.15, 0.2) is 5.82 Å². The van der Waals surface area contributed by atoms with Crippen LogP contribution in [-0.2, 0) is 29.1 Å². The van der Waals surface area contributed by atoms with Crippen molar-refractivity contribution < 1.29 is 46.5 Å². The molecular weight excluding hydrogens is 805 g/mol. The van der Waals surface area contributed by atoms with Gasteiger partial charge < -0.3 is 34.5 Å². The summed E-state index contributed by atoms with van der Waals surface area (Å²) in [4.78, 5) is 67.9. The standard InChI is InChI=1S/C44H56N6O10S/c1-25-10-8-9-11-28-23-44(28,41(53)49-61(55,56)32-17-18-32)48-38(51)35-22-31(24-50(35)40(52)36(26(2)20-25)46-42(54)60-43(3,4)5)59-39-33-19-16-30(58-7)21-34(33)45-37(47-39)27-12-14-29(57-6)15-13-27/h9,11-16,19,21,25-26,28,31-32,35-36H,8,10,17-18,20,22-24H2,1-7H3,(H,46,54)(H,48,51)(H,49,53)/b11-9-/t25-,26-,28+,31-,35+,36+,44-/m1/s1. The summed E-state index contributed by atoms with van der Waals surface area (Å²) in [5.41, 5.74) is -1.18. The first-order valence-corrected chi connectivity index (χ1v) is 22.5. The number of ether oxygens (including phenoxy) is 4. The number of amides is 4. The Morgan fingerprint density at radius 2 is 1.66 bits per heavy atom. The van der Waals surface area contributed by atoms with Gasteiger partial charge in [0.05, 0.1) is 36.9 Å². The van der Waals surface area contributed by atoms with Gasteiger partial charge in [0.1, 0.15) is 40.8 Å². The molecule has 7 atom stereocenters. The van der Waals surface area contributed by atoms with Crippen LogP contribution in [-0.4, -0.2) is 102 Å². The molecule has 1 aromatic heterocycles. The van der Waals surface area contributed by atoms with Crippen LogP contribution in [0.1, 0.15) is 79.6 Å². The van der Waals surface area contributed by atoms with E-state index < -0.39 is 74.3 Å². The Kier molecular flexibility index (Phi) is 12.3. The number of fused-ring (bicyclic) bond motifs is 3. The minimum atomic E-state index is -3.93. The molecule has 3 N–H and O–H groups in total. The number of hydrogen-bond acceptors (Lipinski definition) is 12. The van der Waals surface area contributed by atoms with Gasteiger partial charge in [-0.15, -0.1) is 0 Å². The lowest BCUT2D eigenvalue weighted by atomic mass is 9.88. The van der Waals surface area contributed by atoms with Gasteiger partial charge in [-0.3, -0.25) is 19.1 Å². The smallest absolute Gasteiger partial charge is 0.408 e. The van der Waals surface area contributed by atoms with Gasteiger partial charge in [-0.25, -0.2) is 18.2 Å². The van der Waals surface area contributed by atoms with E-state index in [1.54, 1.807) is 65.3 Å². The summed E-state index contributed by atoms with van der Waals surface area (Å²) in [6.07, 6.45) is 5.31. The SMILES string of the molecule is COc1ccc(-c2nc(O[C@@H]3C[C@H]4C(=O)N[C@]5(C(=O)NS(=O)(=O)C6CC6)C[C@@H]5/C=C\CC[C@@H](C)C[C@@H](C)[C@H](NC(=O)OC(C)(C)C)C(=O)N4C3)c3ccc(OC)cc3n2)cc1. The molecule has 61 heavy (non-hydrogen) atoms. The summed E-state index contributed by atoms with van der Waals surface area (Å²) in [5.74, 6) is -0.924. The van der Waals surface area contributed by atoms with Crippen LogP contribution in [0.25, 0.3) is 22.3 Å². The van der Waals surface area contributed by atoms with Crippen molar-refractivity contribution in [2.24, 2.45) is 17.8 Å². The topological polar surface area (TPSA) is 204 Å². The Hall–Kier alpha value is -5.45. The summed E-state index contributed by atoms with van der Waals surface area (Å²) < 4.78 is 51.3. The van der Waals surface area contributed by atoms with Crippen molar-refractivity contribution in [3.05, 3.63) is 54.6 Å². The highest BCUT2D eigenvalue weighted by Crippen LogP contribution is 2.46. The van der Waals surface area contributed by atoms with Crippen LogP contribution in [0.15, 0.2) is 54.6 Å². The number of allylic oxidation sites excluding steroid dienone is 1. The highest BCUT2D eigenvalue weighted by atomic mass is 32.2. The second-order valence-corrected chi connectivity index (χ2v) is 19.8. The monoisotopic (exact) mass is 860 g/mol. The fraction of sp³-hybridized carbons (Fsp3) is 0.545. The molecule has 4 amide bonds. The van der Waals surface area contributed by atoms with E-state index in [1.165, 1.54) is 4.90 Å². The fourth-order valence-electron chi connectivity index (χ4n) is 8.26. The molecule has 2 aromatic carbocycles. The first kappa shape index (κ1) is 43.6. The predicted octanol–water partition coefficient (Wildman–Crippen LogP) is 5.05. The zero-order valence-corrected chi connectivity index (χ0v) is 36.5. The second kappa shape index (κ2) is 17.1. The van der Waals surface area contributed by atoms with E-state index in [9.17, 15) is 27.6 Å². The van der Waals surface area contributed by atoms with Crippen molar-refractivity contribution in [1.29, 1.82) is 0 Å². The van der Waals surface area contributed by atoms with E-state index in [-0.39, 0.29) is 37.1 Å². The third-order valence-corrected chi connectivity index (χ3v) is 13.6. The van der Waals surface area contributed by atoms with Crippen molar-refractivity contribution >= 4 is 44.7 Å². The largest absolute Gasteiger partial charge is 0.497 e. The van der Waals surface area contributed by atoms with E-state index in [1.807, 2.05) is 31.2 Å². The number of sulfonamides is 1. The van der Waals surface area contributed by atoms with Crippen molar-refractivity contribution in [1.82, 2.24) is 30.2 Å². The predicted molar refractivity (Wildman–Crippen MR) is 226 cm³/mol. The van der Waals surface area contributed by atoms with Gasteiger partial charge in [0.2, 0.25) is 27.7 Å². The molecule has 16 nitrogen and oxygen atoms in total. The van der Waals surface area contributed by atoms with Crippen molar-refractivity contribution in [3.8, 4) is 28.8 Å². The van der Waals surface area contributed by atoms with Crippen LogP contribution >= 0.6 is 0 Å². The van der Waals surface area contributed by atoms with Gasteiger partial charge in [-0.05, 0) is 108 Å². The molecule has 328 valence electrons. The molecule has 17 heteroatoms. The molecule has 0 unspecified atom stereocenters. The molecular formula is C44H56N6O10S. The van der Waals surface area contributed by atoms with Crippen molar-refractivity contribution in [3.63, 3.8) is 0 Å². The molecule has 1 saturated heterocycles. The number of nitrogens with one attached hydrogen (secondary N) is 3. The zero-order valence-electron chi connectivity index (χ0n) is 35.7. The van der Waals surface area contributed by atoms with Gasteiger partial charge in [0, 0.05) is 24.0 Å². The number of aromatic nitrogens is 2. The molecule has 3 heterocycles. The number of hydrogen-bond donors (Lipinski definition) is 3. The van der Waals surface area contributed by atoms with Crippen LogP contribution in [0, 0.1) is 17.8 Å². The van der Waals surface area contributed by atoms with Crippen LogP contribution in [0.3, 0.4) is 0 Å². The first-order chi connectivity index (χ1) is 28.9. The summed E-state index contributed by atoms with van der Waals surface area (Å²) >= 11 is 0. The molecule has 2 saturated carbocycles. The van der Waals surface area contributed by atoms with Gasteiger partial charge >= 0.3 is 6.09 Å². The Balaban J connectivity index is 1.26. The maximum atomic E-state index is 15.0. The van der Waals surface area contributed by atoms with Crippen LogP contribution in [0.5, 0.6) is 17.4 Å². The van der Waals surface area contributed by atoms with E-state index in [0.29, 0.717) is 59.5 Å². The Bertz CT molecular complexity index is 2310. The van der Waals surface area contributed by atoms with Gasteiger partial charge in [-0.2, -0.15) is 4.98 Å². The summed E-state index contributed by atoms with van der Waals surface area (Å²) in [5, 5.41) is 5.64. The first-order valence-electron chi connectivity index (χ1n) is 20.9. The third-order valence-electron chi connectivity index (χ3n) is 11.8. The lowest BCUT2D eigenvalue weighted by Crippen LogP contribution is -2.59. The number of benzene rings is 2. The molecule has 2 aliphatic carbocycles. The maximum absolute atomic E-state index is 15.0. The Morgan fingerprint density at radius 3 is 2.33 bits per heavy atom. The van der Waals surface area contributed by atoms with Crippen molar-refractivity contribution in [2.45, 2.75) is 114 Å². The van der Waals surface area contributed by atoms with Gasteiger partial charge in [-0.1, -0.05) is 26.0 Å². The van der Waals surface area contributed by atoms with Crippen LogP contribution < -0.4 is 29.6 Å². The zero-order chi connectivity index (χ0) is 43.9. The van der Waals surface area contributed by atoms with Crippen LogP contribution in [0.2, 0.25) is 0 Å². The van der Waals surface area contributed by atoms with E-state index >= 15 is 0 Å². The average Bonchev–Trinajstić information content (AvgIpc) is 4.14. The number of alkyl carbamates (subject to hydrolysis) is 1. The second-order valence-electron chi connectivity index (χ2n) is 17.8. The minimum absolute atomic E-state index is 0.0143. The molecule has 7 rings (SSSR count). The van der Waals surface area contributed by atoms with E-state index in [2.05, 4.69) is 22.3 Å². The molecule has 3 aromatic rings. The maximum Gasteiger partial charge on any atom is 0.408 e. The summed E-state index contributed by atoms with van der Waals surface area (Å²) in [6, 6.07) is 10.2. The Morgan fingerprint density at radius 1 is 0.951 bits per heavy atom. The third kappa shape index (κ3) is 9.87. The Labute approximate surface area is 356 Å². The molecule has 3 fully saturated rings. The summed E-state index contributed by atoms with van der Waals surface area (Å²) in [6.45, 7) is 9.07. The highest BCUT2D eigenvalue weighted by Gasteiger charge is 2.62. The average molecular weight is 861 g/mol.